The zero-order valence-electron chi connectivity index (χ0n) is 15.5. The Bertz CT molecular complexity index is 1040. The third-order valence-electron chi connectivity index (χ3n) is 6.07. The fraction of sp³-hybridized carbons (Fsp3) is 0.364. The maximum absolute atomic E-state index is 13.2. The molecule has 1 aromatic carbocycles. The van der Waals surface area contributed by atoms with E-state index in [9.17, 15) is 4.79 Å². The third kappa shape index (κ3) is 2.69. The van der Waals surface area contributed by atoms with Crippen LogP contribution in [-0.4, -0.2) is 38.8 Å². The molecule has 3 aromatic rings. The lowest BCUT2D eigenvalue weighted by molar-refractivity contribution is 0.0627. The minimum absolute atomic E-state index is 0.0200. The lowest BCUT2D eigenvalue weighted by atomic mass is 9.77. The summed E-state index contributed by atoms with van der Waals surface area (Å²) in [5.41, 5.74) is 2.92. The van der Waals surface area contributed by atoms with Gasteiger partial charge in [0.2, 0.25) is 0 Å². The van der Waals surface area contributed by atoms with Crippen molar-refractivity contribution in [1.82, 2.24) is 19.9 Å². The van der Waals surface area contributed by atoms with Gasteiger partial charge in [0.1, 0.15) is 11.5 Å². The number of piperidine rings is 1. The summed E-state index contributed by atoms with van der Waals surface area (Å²) in [7, 11) is 0. The number of carbonyl (C=O) groups excluding carboxylic acids is 1. The summed E-state index contributed by atoms with van der Waals surface area (Å²) in [5, 5.41) is 2.11. The van der Waals surface area contributed by atoms with Gasteiger partial charge in [0.15, 0.2) is 0 Å². The summed E-state index contributed by atoms with van der Waals surface area (Å²) in [6, 6.07) is 9.93. The Morgan fingerprint density at radius 3 is 2.85 bits per heavy atom. The molecule has 0 bridgehead atoms. The summed E-state index contributed by atoms with van der Waals surface area (Å²) in [6.45, 7) is 3.45. The van der Waals surface area contributed by atoms with Crippen LogP contribution in [0.1, 0.15) is 46.8 Å². The van der Waals surface area contributed by atoms with Crippen LogP contribution in [0.25, 0.3) is 10.8 Å². The number of nitrogens with zero attached hydrogens (tertiary/aromatic N) is 4. The number of benzene rings is 1. The van der Waals surface area contributed by atoms with Crippen molar-refractivity contribution in [3.05, 3.63) is 65.5 Å². The van der Waals surface area contributed by atoms with Crippen molar-refractivity contribution in [3.8, 4) is 0 Å². The molecule has 1 aliphatic heterocycles. The number of carbonyl (C=O) groups is 1. The first-order valence-electron chi connectivity index (χ1n) is 9.62. The van der Waals surface area contributed by atoms with Crippen molar-refractivity contribution < 1.29 is 4.79 Å². The molecule has 2 aliphatic rings. The fourth-order valence-electron chi connectivity index (χ4n) is 4.69. The molecule has 1 saturated heterocycles. The van der Waals surface area contributed by atoms with Gasteiger partial charge in [-0.25, -0.2) is 9.97 Å². The van der Waals surface area contributed by atoms with Gasteiger partial charge in [-0.3, -0.25) is 9.78 Å². The van der Waals surface area contributed by atoms with Crippen molar-refractivity contribution in [2.24, 2.45) is 0 Å². The molecule has 2 aromatic heterocycles. The van der Waals surface area contributed by atoms with E-state index in [-0.39, 0.29) is 11.3 Å². The first kappa shape index (κ1) is 16.4. The highest BCUT2D eigenvalue weighted by atomic mass is 16.2. The first-order chi connectivity index (χ1) is 13.1. The Labute approximate surface area is 158 Å². The Morgan fingerprint density at radius 2 is 1.96 bits per heavy atom. The SMILES string of the molecule is Cc1ncc2c(n1)C1(CCCN(C(=O)c3cc4ccccc4cn3)C1)CC2. The number of hydrogen-bond acceptors (Lipinski definition) is 4. The molecule has 0 radical (unpaired) electrons. The summed E-state index contributed by atoms with van der Waals surface area (Å²) >= 11 is 0. The number of amides is 1. The minimum Gasteiger partial charge on any atom is -0.336 e. The molecule has 3 heterocycles. The van der Waals surface area contributed by atoms with Crippen LogP contribution >= 0.6 is 0 Å². The van der Waals surface area contributed by atoms with Crippen molar-refractivity contribution in [2.75, 3.05) is 13.1 Å². The lowest BCUT2D eigenvalue weighted by Gasteiger charge is -2.40. The zero-order chi connectivity index (χ0) is 18.4. The van der Waals surface area contributed by atoms with Gasteiger partial charge in [-0.15, -0.1) is 0 Å². The predicted molar refractivity (Wildman–Crippen MR) is 104 cm³/mol. The van der Waals surface area contributed by atoms with Crippen molar-refractivity contribution in [3.63, 3.8) is 0 Å². The topological polar surface area (TPSA) is 59.0 Å². The number of hydrogen-bond donors (Lipinski definition) is 0. The van der Waals surface area contributed by atoms with Gasteiger partial charge in [-0.1, -0.05) is 24.3 Å². The highest BCUT2D eigenvalue weighted by Crippen LogP contribution is 2.44. The molecule has 1 aliphatic carbocycles. The molecule has 27 heavy (non-hydrogen) atoms. The molecule has 0 N–H and O–H groups in total. The van der Waals surface area contributed by atoms with E-state index in [1.165, 1.54) is 11.3 Å². The fourth-order valence-corrected chi connectivity index (χ4v) is 4.69. The van der Waals surface area contributed by atoms with E-state index in [2.05, 4.69) is 9.97 Å². The van der Waals surface area contributed by atoms with Gasteiger partial charge in [0.25, 0.3) is 5.91 Å². The van der Waals surface area contributed by atoms with Crippen LogP contribution in [0.5, 0.6) is 0 Å². The van der Waals surface area contributed by atoms with E-state index in [0.29, 0.717) is 5.69 Å². The number of likely N-dealkylation sites (tertiary alicyclic amines) is 1. The second kappa shape index (κ2) is 6.12. The number of rotatable bonds is 1. The molecule has 5 rings (SSSR count). The van der Waals surface area contributed by atoms with E-state index in [1.54, 1.807) is 6.20 Å². The van der Waals surface area contributed by atoms with E-state index < -0.39 is 0 Å². The molecule has 5 heteroatoms. The van der Waals surface area contributed by atoms with Gasteiger partial charge < -0.3 is 4.90 Å². The van der Waals surface area contributed by atoms with Gasteiger partial charge in [-0.05, 0) is 49.6 Å². The van der Waals surface area contributed by atoms with Gasteiger partial charge >= 0.3 is 0 Å². The second-order valence-electron chi connectivity index (χ2n) is 7.82. The van der Waals surface area contributed by atoms with Crippen LogP contribution in [0.4, 0.5) is 0 Å². The molecule has 1 atom stereocenters. The molecular formula is C22H22N4O. The Kier molecular flexibility index (Phi) is 3.71. The molecule has 0 saturated carbocycles. The van der Waals surface area contributed by atoms with Gasteiger partial charge in [-0.2, -0.15) is 0 Å². The van der Waals surface area contributed by atoms with E-state index in [4.69, 9.17) is 4.98 Å². The summed E-state index contributed by atoms with van der Waals surface area (Å²) in [4.78, 5) is 28.7. The van der Waals surface area contributed by atoms with Crippen LogP contribution in [0.3, 0.4) is 0 Å². The van der Waals surface area contributed by atoms with Crippen LogP contribution in [0, 0.1) is 6.92 Å². The van der Waals surface area contributed by atoms with Crippen molar-refractivity contribution in [1.29, 1.82) is 0 Å². The highest BCUT2D eigenvalue weighted by molar-refractivity contribution is 5.96. The van der Waals surface area contributed by atoms with Crippen LogP contribution < -0.4 is 0 Å². The number of pyridine rings is 1. The number of aryl methyl sites for hydroxylation is 2. The second-order valence-corrected chi connectivity index (χ2v) is 7.82. The highest BCUT2D eigenvalue weighted by Gasteiger charge is 2.44. The number of fused-ring (bicyclic) bond motifs is 3. The van der Waals surface area contributed by atoms with Crippen molar-refractivity contribution >= 4 is 16.7 Å². The Hall–Kier alpha value is -2.82. The molecule has 5 nitrogen and oxygen atoms in total. The predicted octanol–water partition coefficient (Wildman–Crippen LogP) is 3.45. The van der Waals surface area contributed by atoms with E-state index >= 15 is 0 Å². The smallest absolute Gasteiger partial charge is 0.272 e. The maximum Gasteiger partial charge on any atom is 0.272 e. The monoisotopic (exact) mass is 358 g/mol. The first-order valence-corrected chi connectivity index (χ1v) is 9.62. The zero-order valence-corrected chi connectivity index (χ0v) is 15.5. The van der Waals surface area contributed by atoms with Gasteiger partial charge in [0.05, 0.1) is 5.69 Å². The molecule has 1 unspecified atom stereocenters. The molecule has 1 spiro atoms. The molecule has 136 valence electrons. The van der Waals surface area contributed by atoms with Crippen LogP contribution in [-0.2, 0) is 11.8 Å². The maximum atomic E-state index is 13.2. The largest absolute Gasteiger partial charge is 0.336 e. The molecule has 1 amide bonds. The van der Waals surface area contributed by atoms with Crippen LogP contribution in [0.15, 0.2) is 42.7 Å². The van der Waals surface area contributed by atoms with Crippen LogP contribution in [0.2, 0.25) is 0 Å². The molecule has 1 fully saturated rings. The minimum atomic E-state index is -0.0200. The third-order valence-corrected chi connectivity index (χ3v) is 6.07. The summed E-state index contributed by atoms with van der Waals surface area (Å²) < 4.78 is 0. The standard InChI is InChI=1S/C22H22N4O/c1-15-23-13-18-7-9-22(20(18)25-15)8-4-10-26(14-22)21(27)19-11-16-5-2-3-6-17(16)12-24-19/h2-3,5-6,11-13H,4,7-10,14H2,1H3. The Balaban J connectivity index is 1.46. The molecular weight excluding hydrogens is 336 g/mol. The van der Waals surface area contributed by atoms with E-state index in [0.717, 1.165) is 55.4 Å². The Morgan fingerprint density at radius 1 is 1.11 bits per heavy atom. The normalized spacial score (nSPS) is 21.6. The quantitative estimate of drug-likeness (QED) is 0.668. The summed E-state index contributed by atoms with van der Waals surface area (Å²) in [5.74, 6) is 0.841. The summed E-state index contributed by atoms with van der Waals surface area (Å²) in [6.07, 6.45) is 7.91. The average Bonchev–Trinajstić information content (AvgIpc) is 3.04. The van der Waals surface area contributed by atoms with Crippen molar-refractivity contribution in [2.45, 2.75) is 38.0 Å². The number of aromatic nitrogens is 3. The van der Waals surface area contributed by atoms with Gasteiger partial charge in [0, 0.05) is 36.3 Å². The lowest BCUT2D eigenvalue weighted by Crippen LogP contribution is -2.48. The average molecular weight is 358 g/mol. The van der Waals surface area contributed by atoms with E-state index in [1.807, 2.05) is 48.4 Å².